The molecule has 0 aromatic heterocycles. The van der Waals surface area contributed by atoms with Gasteiger partial charge in [0, 0.05) is 42.0 Å². The molecule has 1 aromatic rings. The van der Waals surface area contributed by atoms with Crippen LogP contribution in [0.4, 0.5) is 5.69 Å². The van der Waals surface area contributed by atoms with Crippen LogP contribution < -0.4 is 21.1 Å². The van der Waals surface area contributed by atoms with E-state index in [9.17, 15) is 9.59 Å². The van der Waals surface area contributed by atoms with Gasteiger partial charge in [0.25, 0.3) is 0 Å². The predicted octanol–water partition coefficient (Wildman–Crippen LogP) is 1.42. The van der Waals surface area contributed by atoms with E-state index in [1.165, 1.54) is 0 Å². The third-order valence-corrected chi connectivity index (χ3v) is 5.64. The molecule has 3 N–H and O–H groups in total. The summed E-state index contributed by atoms with van der Waals surface area (Å²) in [6.07, 6.45) is 0.263. The van der Waals surface area contributed by atoms with Crippen molar-refractivity contribution in [3.05, 3.63) is 28.7 Å². The van der Waals surface area contributed by atoms with Crippen molar-refractivity contribution in [3.63, 3.8) is 0 Å². The molecule has 2 amide bonds. The summed E-state index contributed by atoms with van der Waals surface area (Å²) in [6, 6.07) is 8.21. The van der Waals surface area contributed by atoms with E-state index >= 15 is 0 Å². The number of para-hydroxylation sites is 1. The third kappa shape index (κ3) is 3.48. The number of nitrogens with zero attached hydrogens (tertiary/aromatic N) is 1. The summed E-state index contributed by atoms with van der Waals surface area (Å²) in [5, 5.41) is 3.03. The average Bonchev–Trinajstić information content (AvgIpc) is 3.09. The minimum atomic E-state index is -0.294. The Morgan fingerprint density at radius 1 is 1.29 bits per heavy atom. The molecule has 0 radical (unpaired) electrons. The molecule has 3 rings (SSSR count). The van der Waals surface area contributed by atoms with Crippen LogP contribution in [0.15, 0.2) is 28.7 Å². The van der Waals surface area contributed by atoms with Gasteiger partial charge in [-0.05, 0) is 41.9 Å². The highest BCUT2D eigenvalue weighted by atomic mass is 79.9. The fraction of sp³-hybridized carbons (Fsp3) is 0.529. The van der Waals surface area contributed by atoms with Gasteiger partial charge in [-0.25, -0.2) is 0 Å². The van der Waals surface area contributed by atoms with Crippen LogP contribution in [-0.4, -0.2) is 37.0 Å². The first-order chi connectivity index (χ1) is 11.5. The first-order valence-electron chi connectivity index (χ1n) is 8.31. The molecule has 7 heteroatoms. The summed E-state index contributed by atoms with van der Waals surface area (Å²) < 4.78 is 0.866. The monoisotopic (exact) mass is 394 g/mol. The minimum absolute atomic E-state index is 0.00649. The van der Waals surface area contributed by atoms with E-state index in [0.717, 1.165) is 10.2 Å². The molecule has 2 aliphatic rings. The van der Waals surface area contributed by atoms with Crippen LogP contribution in [0.5, 0.6) is 0 Å². The Morgan fingerprint density at radius 2 is 1.96 bits per heavy atom. The Labute approximate surface area is 150 Å². The SMILES string of the molecule is CC1NNC(C)C1CNC(=O)C1CC(=O)N(c2ccccc2Br)C1. The van der Waals surface area contributed by atoms with Crippen LogP contribution in [0.1, 0.15) is 20.3 Å². The molecule has 2 aliphatic heterocycles. The molecule has 0 bridgehead atoms. The minimum Gasteiger partial charge on any atom is -0.355 e. The normalized spacial score (nSPS) is 30.0. The third-order valence-electron chi connectivity index (χ3n) is 4.97. The molecule has 1 aromatic carbocycles. The second-order valence-corrected chi connectivity index (χ2v) is 7.49. The molecule has 2 saturated heterocycles. The van der Waals surface area contributed by atoms with Gasteiger partial charge >= 0.3 is 0 Å². The summed E-state index contributed by atoms with van der Waals surface area (Å²) in [5.41, 5.74) is 7.19. The maximum atomic E-state index is 12.5. The fourth-order valence-electron chi connectivity index (χ4n) is 3.41. The van der Waals surface area contributed by atoms with E-state index in [0.29, 0.717) is 31.1 Å². The van der Waals surface area contributed by atoms with E-state index < -0.39 is 0 Å². The van der Waals surface area contributed by atoms with Crippen molar-refractivity contribution in [2.75, 3.05) is 18.0 Å². The standard InChI is InChI=1S/C17H23BrN4O2/c1-10-13(11(2)21-20-10)8-19-17(24)12-7-16(23)22(9-12)15-6-4-3-5-14(15)18/h3-6,10-13,20-21H,7-9H2,1-2H3,(H,19,24). The molecule has 6 nitrogen and oxygen atoms in total. The van der Waals surface area contributed by atoms with E-state index in [2.05, 4.69) is 45.9 Å². The van der Waals surface area contributed by atoms with Gasteiger partial charge in [0.1, 0.15) is 0 Å². The highest BCUT2D eigenvalue weighted by molar-refractivity contribution is 9.10. The van der Waals surface area contributed by atoms with Gasteiger partial charge in [-0.1, -0.05) is 12.1 Å². The number of benzene rings is 1. The van der Waals surface area contributed by atoms with E-state index in [1.54, 1.807) is 4.90 Å². The average molecular weight is 395 g/mol. The summed E-state index contributed by atoms with van der Waals surface area (Å²) in [7, 11) is 0. The highest BCUT2D eigenvalue weighted by Crippen LogP contribution is 2.31. The highest BCUT2D eigenvalue weighted by Gasteiger charge is 2.37. The molecular weight excluding hydrogens is 372 g/mol. The number of hydrazine groups is 1. The van der Waals surface area contributed by atoms with Gasteiger partial charge in [-0.15, -0.1) is 0 Å². The second kappa shape index (κ2) is 7.21. The topological polar surface area (TPSA) is 73.5 Å². The number of carbonyl (C=O) groups is 2. The molecule has 0 aliphatic carbocycles. The number of hydrogen-bond donors (Lipinski definition) is 3. The van der Waals surface area contributed by atoms with E-state index in [1.807, 2.05) is 24.3 Å². The number of amides is 2. The molecule has 130 valence electrons. The molecule has 2 heterocycles. The number of nitrogens with one attached hydrogen (secondary N) is 3. The quantitative estimate of drug-likeness (QED) is 0.721. The Hall–Kier alpha value is -1.44. The van der Waals surface area contributed by atoms with Gasteiger partial charge in [-0.3, -0.25) is 20.4 Å². The fourth-order valence-corrected chi connectivity index (χ4v) is 3.91. The summed E-state index contributed by atoms with van der Waals surface area (Å²) in [6.45, 7) is 5.24. The van der Waals surface area contributed by atoms with Crippen molar-refractivity contribution in [1.82, 2.24) is 16.2 Å². The van der Waals surface area contributed by atoms with Crippen molar-refractivity contribution in [2.24, 2.45) is 11.8 Å². The lowest BCUT2D eigenvalue weighted by atomic mass is 9.96. The Morgan fingerprint density at radius 3 is 2.62 bits per heavy atom. The predicted molar refractivity (Wildman–Crippen MR) is 96.3 cm³/mol. The van der Waals surface area contributed by atoms with Gasteiger partial charge in [-0.2, -0.15) is 0 Å². The molecule has 0 spiro atoms. The van der Waals surface area contributed by atoms with Gasteiger partial charge < -0.3 is 10.2 Å². The number of rotatable bonds is 4. The van der Waals surface area contributed by atoms with E-state index in [-0.39, 0.29) is 24.2 Å². The second-order valence-electron chi connectivity index (χ2n) is 6.63. The smallest absolute Gasteiger partial charge is 0.227 e. The largest absolute Gasteiger partial charge is 0.355 e. The van der Waals surface area contributed by atoms with Crippen LogP contribution in [0, 0.1) is 11.8 Å². The molecule has 0 saturated carbocycles. The lowest BCUT2D eigenvalue weighted by molar-refractivity contribution is -0.126. The first-order valence-corrected chi connectivity index (χ1v) is 9.10. The Balaban J connectivity index is 1.59. The molecular formula is C17H23BrN4O2. The van der Waals surface area contributed by atoms with Crippen LogP contribution in [0.25, 0.3) is 0 Å². The number of carbonyl (C=O) groups excluding carboxylic acids is 2. The lowest BCUT2D eigenvalue weighted by Gasteiger charge is -2.20. The van der Waals surface area contributed by atoms with E-state index in [4.69, 9.17) is 0 Å². The maximum Gasteiger partial charge on any atom is 0.227 e. The zero-order chi connectivity index (χ0) is 17.3. The van der Waals surface area contributed by atoms with Crippen LogP contribution in [-0.2, 0) is 9.59 Å². The molecule has 3 unspecified atom stereocenters. The van der Waals surface area contributed by atoms with Gasteiger partial charge in [0.2, 0.25) is 11.8 Å². The zero-order valence-corrected chi connectivity index (χ0v) is 15.5. The van der Waals surface area contributed by atoms with Crippen molar-refractivity contribution in [1.29, 1.82) is 0 Å². The van der Waals surface area contributed by atoms with Crippen molar-refractivity contribution in [3.8, 4) is 0 Å². The molecule has 2 fully saturated rings. The summed E-state index contributed by atoms with van der Waals surface area (Å²) in [5.74, 6) is 0.000143. The Kier molecular flexibility index (Phi) is 5.22. The van der Waals surface area contributed by atoms with Gasteiger partial charge in [0.15, 0.2) is 0 Å². The summed E-state index contributed by atoms with van der Waals surface area (Å²) >= 11 is 3.47. The van der Waals surface area contributed by atoms with Crippen molar-refractivity contribution >= 4 is 33.4 Å². The van der Waals surface area contributed by atoms with Crippen molar-refractivity contribution in [2.45, 2.75) is 32.4 Å². The number of halogens is 1. The van der Waals surface area contributed by atoms with Crippen LogP contribution in [0.2, 0.25) is 0 Å². The number of hydrogen-bond acceptors (Lipinski definition) is 4. The molecule has 3 atom stereocenters. The van der Waals surface area contributed by atoms with Gasteiger partial charge in [0.05, 0.1) is 11.6 Å². The van der Waals surface area contributed by atoms with Crippen LogP contribution >= 0.6 is 15.9 Å². The molecule has 24 heavy (non-hydrogen) atoms. The maximum absolute atomic E-state index is 12.5. The zero-order valence-electron chi connectivity index (χ0n) is 13.9. The lowest BCUT2D eigenvalue weighted by Crippen LogP contribution is -2.40. The van der Waals surface area contributed by atoms with Crippen LogP contribution in [0.3, 0.4) is 0 Å². The summed E-state index contributed by atoms with van der Waals surface area (Å²) in [4.78, 5) is 26.5. The number of anilines is 1. The first kappa shape index (κ1) is 17.4. The Bertz CT molecular complexity index is 629. The van der Waals surface area contributed by atoms with Crippen molar-refractivity contribution < 1.29 is 9.59 Å².